The highest BCUT2D eigenvalue weighted by Crippen LogP contribution is 2.44. The van der Waals surface area contributed by atoms with Crippen LogP contribution in [0.2, 0.25) is 0 Å². The van der Waals surface area contributed by atoms with Gasteiger partial charge in [-0.05, 0) is 36.8 Å². The average Bonchev–Trinajstić information content (AvgIpc) is 2.98. The second kappa shape index (κ2) is 5.66. The number of para-hydroxylation sites is 1. The van der Waals surface area contributed by atoms with E-state index in [4.69, 9.17) is 0 Å². The third kappa shape index (κ3) is 2.64. The number of carbonyl (C=O) groups is 2. The molecule has 1 aromatic rings. The van der Waals surface area contributed by atoms with Crippen LogP contribution in [0.25, 0.3) is 0 Å². The van der Waals surface area contributed by atoms with Gasteiger partial charge in [0.2, 0.25) is 11.8 Å². The Kier molecular flexibility index (Phi) is 3.63. The standard InChI is InChI=1S/C19H24N2O2/c1-13-11-16(13)19(23)21-12-14(15-5-2-3-6-17(15)21)8-10-20-9-4-7-18(20)22/h2-3,5-6,13-14,16H,4,7-12H2,1H3/t13-,14-,16+/m1/s1. The Hall–Kier alpha value is -1.84. The van der Waals surface area contributed by atoms with Crippen molar-refractivity contribution in [1.29, 1.82) is 0 Å². The topological polar surface area (TPSA) is 40.6 Å². The Morgan fingerprint density at radius 2 is 2.09 bits per heavy atom. The molecule has 4 heteroatoms. The van der Waals surface area contributed by atoms with Crippen LogP contribution in [0.15, 0.2) is 24.3 Å². The van der Waals surface area contributed by atoms with Crippen LogP contribution in [0.5, 0.6) is 0 Å². The van der Waals surface area contributed by atoms with Crippen molar-refractivity contribution in [2.24, 2.45) is 11.8 Å². The summed E-state index contributed by atoms with van der Waals surface area (Å²) in [4.78, 5) is 28.5. The van der Waals surface area contributed by atoms with Crippen molar-refractivity contribution in [2.45, 2.75) is 38.5 Å². The van der Waals surface area contributed by atoms with E-state index >= 15 is 0 Å². The van der Waals surface area contributed by atoms with E-state index < -0.39 is 0 Å². The molecule has 0 spiro atoms. The summed E-state index contributed by atoms with van der Waals surface area (Å²) in [5, 5.41) is 0. The van der Waals surface area contributed by atoms with Gasteiger partial charge in [0.25, 0.3) is 0 Å². The van der Waals surface area contributed by atoms with Gasteiger partial charge in [-0.3, -0.25) is 9.59 Å². The van der Waals surface area contributed by atoms with E-state index in [1.807, 2.05) is 15.9 Å². The van der Waals surface area contributed by atoms with Crippen molar-refractivity contribution >= 4 is 17.5 Å². The lowest BCUT2D eigenvalue weighted by atomic mass is 9.98. The minimum atomic E-state index is 0.224. The monoisotopic (exact) mass is 312 g/mol. The molecule has 0 bridgehead atoms. The van der Waals surface area contributed by atoms with Gasteiger partial charge in [-0.1, -0.05) is 25.1 Å². The maximum atomic E-state index is 12.7. The number of nitrogens with zero attached hydrogens (tertiary/aromatic N) is 2. The number of amides is 2. The van der Waals surface area contributed by atoms with E-state index in [-0.39, 0.29) is 11.8 Å². The van der Waals surface area contributed by atoms with Crippen molar-refractivity contribution < 1.29 is 9.59 Å². The molecule has 2 aliphatic heterocycles. The first-order valence-corrected chi connectivity index (χ1v) is 8.83. The fourth-order valence-electron chi connectivity index (χ4n) is 4.07. The van der Waals surface area contributed by atoms with Crippen LogP contribution < -0.4 is 4.90 Å². The summed E-state index contributed by atoms with van der Waals surface area (Å²) in [6.07, 6.45) is 3.67. The van der Waals surface area contributed by atoms with Crippen molar-refractivity contribution in [3.05, 3.63) is 29.8 Å². The Labute approximate surface area is 137 Å². The molecule has 1 saturated carbocycles. The zero-order valence-corrected chi connectivity index (χ0v) is 13.7. The smallest absolute Gasteiger partial charge is 0.230 e. The van der Waals surface area contributed by atoms with Gasteiger partial charge in [0.15, 0.2) is 0 Å². The van der Waals surface area contributed by atoms with E-state index in [9.17, 15) is 9.59 Å². The van der Waals surface area contributed by atoms with Gasteiger partial charge in [-0.15, -0.1) is 0 Å². The van der Waals surface area contributed by atoms with Gasteiger partial charge in [-0.25, -0.2) is 0 Å². The quantitative estimate of drug-likeness (QED) is 0.858. The lowest BCUT2D eigenvalue weighted by molar-refractivity contribution is -0.127. The number of carbonyl (C=O) groups excluding carboxylic acids is 2. The second-order valence-electron chi connectivity index (χ2n) is 7.30. The lowest BCUT2D eigenvalue weighted by Crippen LogP contribution is -2.32. The number of fused-ring (bicyclic) bond motifs is 1. The number of anilines is 1. The highest BCUT2D eigenvalue weighted by Gasteiger charge is 2.44. The highest BCUT2D eigenvalue weighted by atomic mass is 16.2. The van der Waals surface area contributed by atoms with Crippen LogP contribution in [0, 0.1) is 11.8 Å². The van der Waals surface area contributed by atoms with Gasteiger partial charge < -0.3 is 9.80 Å². The minimum absolute atomic E-state index is 0.224. The van der Waals surface area contributed by atoms with E-state index in [2.05, 4.69) is 25.1 Å². The first-order valence-electron chi connectivity index (χ1n) is 8.83. The van der Waals surface area contributed by atoms with E-state index in [0.717, 1.165) is 44.6 Å². The summed E-state index contributed by atoms with van der Waals surface area (Å²) in [5.41, 5.74) is 2.37. The molecule has 0 aromatic heterocycles. The van der Waals surface area contributed by atoms with Crippen LogP contribution in [0.1, 0.15) is 44.1 Å². The zero-order chi connectivity index (χ0) is 16.0. The van der Waals surface area contributed by atoms with Gasteiger partial charge in [0, 0.05) is 43.6 Å². The second-order valence-corrected chi connectivity index (χ2v) is 7.30. The Bertz CT molecular complexity index is 642. The predicted octanol–water partition coefficient (Wildman–Crippen LogP) is 2.79. The Morgan fingerprint density at radius 3 is 2.78 bits per heavy atom. The summed E-state index contributed by atoms with van der Waals surface area (Å²) < 4.78 is 0. The van der Waals surface area contributed by atoms with E-state index in [1.54, 1.807) is 0 Å². The SMILES string of the molecule is C[C@@H]1C[C@@H]1C(=O)N1C[C@@H](CCN2CCCC2=O)c2ccccc21. The van der Waals surface area contributed by atoms with Crippen molar-refractivity contribution in [3.8, 4) is 0 Å². The molecule has 0 N–H and O–H groups in total. The normalized spacial score (nSPS) is 29.1. The molecule has 4 nitrogen and oxygen atoms in total. The minimum Gasteiger partial charge on any atom is -0.343 e. The number of benzene rings is 1. The molecule has 3 atom stereocenters. The molecule has 1 saturated heterocycles. The number of rotatable bonds is 4. The van der Waals surface area contributed by atoms with Crippen LogP contribution in [0.4, 0.5) is 5.69 Å². The number of hydrogen-bond donors (Lipinski definition) is 0. The van der Waals surface area contributed by atoms with E-state index in [0.29, 0.717) is 24.2 Å². The first-order chi connectivity index (χ1) is 11.1. The molecule has 23 heavy (non-hydrogen) atoms. The molecule has 4 rings (SSSR count). The summed E-state index contributed by atoms with van der Waals surface area (Å²) in [7, 11) is 0. The molecular formula is C19H24N2O2. The van der Waals surface area contributed by atoms with Crippen molar-refractivity contribution in [1.82, 2.24) is 4.90 Å². The Morgan fingerprint density at radius 1 is 1.30 bits per heavy atom. The Balaban J connectivity index is 1.48. The maximum absolute atomic E-state index is 12.7. The van der Waals surface area contributed by atoms with Gasteiger partial charge >= 0.3 is 0 Å². The average molecular weight is 312 g/mol. The molecule has 2 heterocycles. The number of hydrogen-bond acceptors (Lipinski definition) is 2. The third-order valence-corrected chi connectivity index (χ3v) is 5.68. The van der Waals surface area contributed by atoms with Crippen LogP contribution >= 0.6 is 0 Å². The van der Waals surface area contributed by atoms with Crippen LogP contribution in [-0.2, 0) is 9.59 Å². The van der Waals surface area contributed by atoms with E-state index in [1.165, 1.54) is 5.56 Å². The molecule has 2 amide bonds. The molecule has 3 aliphatic rings. The van der Waals surface area contributed by atoms with Crippen molar-refractivity contribution in [2.75, 3.05) is 24.5 Å². The highest BCUT2D eigenvalue weighted by molar-refractivity contribution is 5.98. The lowest BCUT2D eigenvalue weighted by Gasteiger charge is -2.20. The zero-order valence-electron chi connectivity index (χ0n) is 13.7. The fraction of sp³-hybridized carbons (Fsp3) is 0.579. The molecule has 1 aliphatic carbocycles. The third-order valence-electron chi connectivity index (χ3n) is 5.68. The van der Waals surface area contributed by atoms with Crippen LogP contribution in [-0.4, -0.2) is 36.3 Å². The summed E-state index contributed by atoms with van der Waals surface area (Å²) in [6.45, 7) is 4.65. The molecule has 0 unspecified atom stereocenters. The predicted molar refractivity (Wildman–Crippen MR) is 89.2 cm³/mol. The van der Waals surface area contributed by atoms with Gasteiger partial charge in [0.05, 0.1) is 0 Å². The molecule has 2 fully saturated rings. The van der Waals surface area contributed by atoms with Crippen molar-refractivity contribution in [3.63, 3.8) is 0 Å². The summed E-state index contributed by atoms with van der Waals surface area (Å²) >= 11 is 0. The molecule has 0 radical (unpaired) electrons. The molecular weight excluding hydrogens is 288 g/mol. The van der Waals surface area contributed by atoms with Gasteiger partial charge in [-0.2, -0.15) is 0 Å². The van der Waals surface area contributed by atoms with Gasteiger partial charge in [0.1, 0.15) is 0 Å². The summed E-state index contributed by atoms with van der Waals surface area (Å²) in [5.74, 6) is 1.70. The van der Waals surface area contributed by atoms with Crippen LogP contribution in [0.3, 0.4) is 0 Å². The molecule has 122 valence electrons. The first kappa shape index (κ1) is 14.7. The number of likely N-dealkylation sites (tertiary alicyclic amines) is 1. The maximum Gasteiger partial charge on any atom is 0.230 e. The largest absolute Gasteiger partial charge is 0.343 e. The summed E-state index contributed by atoms with van der Waals surface area (Å²) in [6, 6.07) is 8.29. The molecule has 1 aromatic carbocycles. The fourth-order valence-corrected chi connectivity index (χ4v) is 4.07.